The van der Waals surface area contributed by atoms with E-state index in [1.165, 1.54) is 0 Å². The molecule has 4 heterocycles. The standard InChI is InChI=1S/C18H17N9/c1-26-15-5-3-2-4-13(15)14(24-26)10-27-9-11(8-20-27)6-12-7-16(19)21-18-17(12)22-25-23-18/h2-5,7-9H,6,10H2,1H3,(H3,19,21,22,23,25). The zero-order valence-corrected chi connectivity index (χ0v) is 14.7. The Morgan fingerprint density at radius 1 is 1.19 bits per heavy atom. The van der Waals surface area contributed by atoms with Crippen LogP contribution in [-0.2, 0) is 20.0 Å². The molecular weight excluding hydrogens is 342 g/mol. The maximum Gasteiger partial charge on any atom is 0.203 e. The molecule has 0 saturated carbocycles. The van der Waals surface area contributed by atoms with Crippen LogP contribution in [0.1, 0.15) is 16.8 Å². The highest BCUT2D eigenvalue weighted by molar-refractivity contribution is 5.81. The smallest absolute Gasteiger partial charge is 0.203 e. The molecule has 0 radical (unpaired) electrons. The predicted octanol–water partition coefficient (Wildman–Crippen LogP) is 1.66. The van der Waals surface area contributed by atoms with Gasteiger partial charge in [0.15, 0.2) is 0 Å². The number of fused-ring (bicyclic) bond motifs is 2. The lowest BCUT2D eigenvalue weighted by Gasteiger charge is -2.01. The second-order valence-electron chi connectivity index (χ2n) is 6.51. The van der Waals surface area contributed by atoms with E-state index in [-0.39, 0.29) is 0 Å². The summed E-state index contributed by atoms with van der Waals surface area (Å²) in [6.45, 7) is 0.610. The van der Waals surface area contributed by atoms with Gasteiger partial charge in [0.25, 0.3) is 0 Å². The van der Waals surface area contributed by atoms with Crippen molar-refractivity contribution >= 4 is 27.9 Å². The number of rotatable bonds is 4. The van der Waals surface area contributed by atoms with Gasteiger partial charge in [-0.2, -0.15) is 20.5 Å². The number of nitrogens with two attached hydrogens (primary N) is 1. The average Bonchev–Trinajstić information content (AvgIpc) is 3.36. The monoisotopic (exact) mass is 359 g/mol. The molecule has 0 bridgehead atoms. The van der Waals surface area contributed by atoms with Gasteiger partial charge in [0.05, 0.1) is 24.0 Å². The number of nitrogens with zero attached hydrogens (tertiary/aromatic N) is 7. The van der Waals surface area contributed by atoms with Crippen molar-refractivity contribution in [2.75, 3.05) is 5.73 Å². The number of nitrogen functional groups attached to an aromatic ring is 1. The molecule has 9 nitrogen and oxygen atoms in total. The third kappa shape index (κ3) is 2.69. The van der Waals surface area contributed by atoms with E-state index in [0.29, 0.717) is 24.4 Å². The normalized spacial score (nSPS) is 11.6. The van der Waals surface area contributed by atoms with E-state index in [1.54, 1.807) is 0 Å². The Morgan fingerprint density at radius 3 is 3.00 bits per heavy atom. The molecule has 9 heteroatoms. The minimum Gasteiger partial charge on any atom is -0.384 e. The second kappa shape index (κ2) is 5.90. The molecule has 0 aliphatic heterocycles. The van der Waals surface area contributed by atoms with Gasteiger partial charge in [-0.15, -0.1) is 5.10 Å². The molecule has 0 unspecified atom stereocenters. The summed E-state index contributed by atoms with van der Waals surface area (Å²) in [6.07, 6.45) is 4.53. The predicted molar refractivity (Wildman–Crippen MR) is 101 cm³/mol. The average molecular weight is 359 g/mol. The van der Waals surface area contributed by atoms with Gasteiger partial charge in [-0.1, -0.05) is 18.2 Å². The Morgan fingerprint density at radius 2 is 2.07 bits per heavy atom. The SMILES string of the molecule is Cn1nc(Cn2cc(Cc3cc(N)nc4n[nH]nc34)cn2)c2ccccc21. The third-order valence-electron chi connectivity index (χ3n) is 4.62. The van der Waals surface area contributed by atoms with Crippen LogP contribution < -0.4 is 5.73 Å². The van der Waals surface area contributed by atoms with Crippen molar-refractivity contribution in [2.24, 2.45) is 7.05 Å². The summed E-state index contributed by atoms with van der Waals surface area (Å²) in [5.74, 6) is 0.429. The highest BCUT2D eigenvalue weighted by Gasteiger charge is 2.12. The molecule has 0 aliphatic rings. The van der Waals surface area contributed by atoms with E-state index in [2.05, 4.69) is 42.7 Å². The zero-order valence-electron chi connectivity index (χ0n) is 14.7. The van der Waals surface area contributed by atoms with Crippen molar-refractivity contribution in [2.45, 2.75) is 13.0 Å². The van der Waals surface area contributed by atoms with Crippen LogP contribution >= 0.6 is 0 Å². The fourth-order valence-corrected chi connectivity index (χ4v) is 3.42. The Labute approximate surface area is 153 Å². The van der Waals surface area contributed by atoms with Gasteiger partial charge >= 0.3 is 0 Å². The summed E-state index contributed by atoms with van der Waals surface area (Å²) in [5, 5.41) is 21.1. The third-order valence-corrected chi connectivity index (χ3v) is 4.62. The maximum atomic E-state index is 5.88. The van der Waals surface area contributed by atoms with Crippen molar-refractivity contribution in [3.05, 3.63) is 59.5 Å². The van der Waals surface area contributed by atoms with Gasteiger partial charge in [-0.3, -0.25) is 9.36 Å². The molecule has 0 spiro atoms. The van der Waals surface area contributed by atoms with Crippen LogP contribution in [0.4, 0.5) is 5.82 Å². The number of H-pyrrole nitrogens is 1. The van der Waals surface area contributed by atoms with Crippen LogP contribution in [0.2, 0.25) is 0 Å². The lowest BCUT2D eigenvalue weighted by molar-refractivity contribution is 0.655. The van der Waals surface area contributed by atoms with Gasteiger partial charge in [0.2, 0.25) is 5.65 Å². The van der Waals surface area contributed by atoms with Gasteiger partial charge in [0.1, 0.15) is 11.3 Å². The van der Waals surface area contributed by atoms with Crippen LogP contribution in [0.25, 0.3) is 22.1 Å². The van der Waals surface area contributed by atoms with Crippen LogP contribution in [0, 0.1) is 0 Å². The van der Waals surface area contributed by atoms with Gasteiger partial charge in [-0.25, -0.2) is 4.98 Å². The first-order chi connectivity index (χ1) is 13.2. The van der Waals surface area contributed by atoms with Crippen LogP contribution in [0.5, 0.6) is 0 Å². The fourth-order valence-electron chi connectivity index (χ4n) is 3.42. The number of nitrogens with one attached hydrogen (secondary N) is 1. The first-order valence-electron chi connectivity index (χ1n) is 8.55. The summed E-state index contributed by atoms with van der Waals surface area (Å²) in [7, 11) is 1.96. The number of hydrogen-bond acceptors (Lipinski definition) is 6. The van der Waals surface area contributed by atoms with Crippen molar-refractivity contribution in [1.29, 1.82) is 0 Å². The van der Waals surface area contributed by atoms with Gasteiger partial charge < -0.3 is 5.73 Å². The molecule has 0 fully saturated rings. The number of para-hydroxylation sites is 1. The highest BCUT2D eigenvalue weighted by Crippen LogP contribution is 2.20. The second-order valence-corrected chi connectivity index (χ2v) is 6.51. The Hall–Kier alpha value is -3.75. The molecule has 4 aromatic heterocycles. The van der Waals surface area contributed by atoms with Crippen LogP contribution in [-0.4, -0.2) is 40.0 Å². The van der Waals surface area contributed by atoms with Crippen LogP contribution in [0.3, 0.4) is 0 Å². The van der Waals surface area contributed by atoms with Crippen molar-refractivity contribution in [1.82, 2.24) is 40.0 Å². The molecule has 0 atom stereocenters. The van der Waals surface area contributed by atoms with E-state index in [9.17, 15) is 0 Å². The maximum absolute atomic E-state index is 5.88. The molecule has 5 aromatic rings. The Bertz CT molecular complexity index is 1260. The van der Waals surface area contributed by atoms with E-state index in [1.807, 2.05) is 47.0 Å². The Kier molecular flexibility index (Phi) is 3.39. The molecular formula is C18H17N9. The molecule has 5 rings (SSSR count). The largest absolute Gasteiger partial charge is 0.384 e. The Balaban J connectivity index is 1.43. The lowest BCUT2D eigenvalue weighted by Crippen LogP contribution is -2.02. The molecule has 0 aliphatic carbocycles. The number of hydrogen-bond donors (Lipinski definition) is 2. The number of benzene rings is 1. The lowest BCUT2D eigenvalue weighted by atomic mass is 10.1. The van der Waals surface area contributed by atoms with E-state index in [0.717, 1.165) is 33.2 Å². The summed E-state index contributed by atoms with van der Waals surface area (Å²) in [6, 6.07) is 10.0. The number of aryl methyl sites for hydroxylation is 1. The topological polar surface area (TPSA) is 116 Å². The van der Waals surface area contributed by atoms with E-state index < -0.39 is 0 Å². The molecule has 134 valence electrons. The van der Waals surface area contributed by atoms with Crippen molar-refractivity contribution < 1.29 is 0 Å². The van der Waals surface area contributed by atoms with E-state index in [4.69, 9.17) is 5.73 Å². The van der Waals surface area contributed by atoms with Gasteiger partial charge in [-0.05, 0) is 23.3 Å². The minimum absolute atomic E-state index is 0.429. The van der Waals surface area contributed by atoms with E-state index >= 15 is 0 Å². The first kappa shape index (κ1) is 15.5. The molecule has 27 heavy (non-hydrogen) atoms. The summed E-state index contributed by atoms with van der Waals surface area (Å²) >= 11 is 0. The highest BCUT2D eigenvalue weighted by atomic mass is 15.3. The summed E-state index contributed by atoms with van der Waals surface area (Å²) in [5.41, 5.74) is 11.3. The fraction of sp³-hybridized carbons (Fsp3) is 0.167. The minimum atomic E-state index is 0.429. The summed E-state index contributed by atoms with van der Waals surface area (Å²) < 4.78 is 3.80. The first-order valence-corrected chi connectivity index (χ1v) is 8.55. The zero-order chi connectivity index (χ0) is 18.4. The summed E-state index contributed by atoms with van der Waals surface area (Å²) in [4.78, 5) is 4.17. The number of aromatic amines is 1. The van der Waals surface area contributed by atoms with Gasteiger partial charge in [0, 0.05) is 25.1 Å². The molecule has 0 amide bonds. The number of anilines is 1. The quantitative estimate of drug-likeness (QED) is 0.504. The van der Waals surface area contributed by atoms with Crippen LogP contribution in [0.15, 0.2) is 42.7 Å². The molecule has 0 saturated heterocycles. The van der Waals surface area contributed by atoms with Crippen molar-refractivity contribution in [3.63, 3.8) is 0 Å². The molecule has 3 N–H and O–H groups in total. The molecule has 1 aromatic carbocycles. The number of pyridine rings is 1. The van der Waals surface area contributed by atoms with Crippen molar-refractivity contribution in [3.8, 4) is 0 Å². The number of aromatic nitrogens is 8.